The van der Waals surface area contributed by atoms with Crippen LogP contribution in [-0.4, -0.2) is 59.9 Å². The Hall–Kier alpha value is -1.43. The molecule has 5 nitrogen and oxygen atoms in total. The van der Waals surface area contributed by atoms with Crippen molar-refractivity contribution in [2.75, 3.05) is 26.2 Å². The van der Waals surface area contributed by atoms with Gasteiger partial charge in [-0.25, -0.2) is 0 Å². The van der Waals surface area contributed by atoms with Crippen molar-refractivity contribution in [1.29, 1.82) is 0 Å². The van der Waals surface area contributed by atoms with Crippen LogP contribution in [0.4, 0.5) is 0 Å². The van der Waals surface area contributed by atoms with Crippen LogP contribution in [0.5, 0.6) is 0 Å². The third-order valence-electron chi connectivity index (χ3n) is 4.49. The minimum atomic E-state index is -0.475. The Labute approximate surface area is 151 Å². The normalized spacial score (nSPS) is 18.1. The van der Waals surface area contributed by atoms with E-state index in [9.17, 15) is 9.90 Å². The average molecular weight is 348 g/mol. The molecule has 0 unspecified atom stereocenters. The summed E-state index contributed by atoms with van der Waals surface area (Å²) < 4.78 is 5.63. The van der Waals surface area contributed by atoms with E-state index in [-0.39, 0.29) is 17.6 Å². The van der Waals surface area contributed by atoms with Gasteiger partial charge in [0.15, 0.2) is 0 Å². The number of nitrogens with one attached hydrogen (secondary N) is 1. The second-order valence-electron chi connectivity index (χ2n) is 7.94. The van der Waals surface area contributed by atoms with Crippen LogP contribution >= 0.6 is 0 Å². The van der Waals surface area contributed by atoms with Gasteiger partial charge in [-0.3, -0.25) is 4.79 Å². The largest absolute Gasteiger partial charge is 0.389 e. The van der Waals surface area contributed by atoms with Crippen molar-refractivity contribution in [3.63, 3.8) is 0 Å². The van der Waals surface area contributed by atoms with Crippen molar-refractivity contribution in [2.24, 2.45) is 0 Å². The molecule has 1 amide bonds. The maximum atomic E-state index is 12.4. The van der Waals surface area contributed by atoms with Crippen LogP contribution in [-0.2, 0) is 4.74 Å². The number of carbonyl (C=O) groups is 1. The van der Waals surface area contributed by atoms with Crippen molar-refractivity contribution in [3.8, 4) is 0 Å². The van der Waals surface area contributed by atoms with E-state index in [1.807, 2.05) is 52.0 Å². The molecule has 1 aliphatic rings. The average Bonchev–Trinajstić information content (AvgIpc) is 2.54. The molecule has 2 rings (SSSR count). The molecule has 1 aromatic carbocycles. The van der Waals surface area contributed by atoms with Gasteiger partial charge >= 0.3 is 0 Å². The molecule has 1 aromatic rings. The van der Waals surface area contributed by atoms with Crippen molar-refractivity contribution in [2.45, 2.75) is 58.3 Å². The first-order chi connectivity index (χ1) is 11.7. The van der Waals surface area contributed by atoms with Gasteiger partial charge in [0.2, 0.25) is 0 Å². The standard InChI is InChI=1S/C20H32N2O3/c1-15-7-5-6-8-18(15)19(24)21-16-9-11-22(12-10-16)13-17(23)14-25-20(2,3)4/h5-8,16-17,23H,9-14H2,1-4H3,(H,21,24)/t17-/m1/s1. The Morgan fingerprint density at radius 2 is 1.96 bits per heavy atom. The summed E-state index contributed by atoms with van der Waals surface area (Å²) in [5.74, 6) is 0.00941. The monoisotopic (exact) mass is 348 g/mol. The molecule has 0 spiro atoms. The van der Waals surface area contributed by atoms with E-state index in [1.165, 1.54) is 0 Å². The van der Waals surface area contributed by atoms with E-state index in [0.29, 0.717) is 13.2 Å². The molecule has 1 aliphatic heterocycles. The number of aliphatic hydroxyl groups excluding tert-OH is 1. The Balaban J connectivity index is 1.73. The number of nitrogens with zero attached hydrogens (tertiary/aromatic N) is 1. The first-order valence-corrected chi connectivity index (χ1v) is 9.15. The molecule has 0 bridgehead atoms. The van der Waals surface area contributed by atoms with Crippen LogP contribution in [0.1, 0.15) is 49.5 Å². The number of rotatable bonds is 6. The Kier molecular flexibility index (Phi) is 6.99. The first kappa shape index (κ1) is 19.9. The second kappa shape index (κ2) is 8.79. The first-order valence-electron chi connectivity index (χ1n) is 9.15. The number of β-amino-alcohol motifs (C(OH)–C–C–N with tert-alkyl or cyclic N) is 1. The number of hydrogen-bond donors (Lipinski definition) is 2. The minimum Gasteiger partial charge on any atom is -0.389 e. The van der Waals surface area contributed by atoms with Crippen molar-refractivity contribution in [1.82, 2.24) is 10.2 Å². The summed E-state index contributed by atoms with van der Waals surface area (Å²) in [6.45, 7) is 10.7. The lowest BCUT2D eigenvalue weighted by Crippen LogP contribution is -2.47. The third-order valence-corrected chi connectivity index (χ3v) is 4.49. The van der Waals surface area contributed by atoms with E-state index in [4.69, 9.17) is 4.74 Å². The van der Waals surface area contributed by atoms with E-state index in [1.54, 1.807) is 0 Å². The molecule has 140 valence electrons. The Bertz CT molecular complexity index is 560. The van der Waals surface area contributed by atoms with Crippen molar-refractivity contribution in [3.05, 3.63) is 35.4 Å². The number of carbonyl (C=O) groups excluding carboxylic acids is 1. The minimum absolute atomic E-state index is 0.00941. The van der Waals surface area contributed by atoms with Gasteiger partial charge in [-0.15, -0.1) is 0 Å². The number of hydrogen-bond acceptors (Lipinski definition) is 4. The third kappa shape index (κ3) is 6.77. The van der Waals surface area contributed by atoms with E-state index >= 15 is 0 Å². The zero-order valence-corrected chi connectivity index (χ0v) is 15.9. The molecule has 2 N–H and O–H groups in total. The van der Waals surface area contributed by atoms with E-state index < -0.39 is 6.10 Å². The number of aliphatic hydroxyl groups is 1. The predicted molar refractivity (Wildman–Crippen MR) is 99.8 cm³/mol. The molecule has 1 saturated heterocycles. The Morgan fingerprint density at radius 1 is 1.32 bits per heavy atom. The molecule has 0 radical (unpaired) electrons. The smallest absolute Gasteiger partial charge is 0.251 e. The topological polar surface area (TPSA) is 61.8 Å². The lowest BCUT2D eigenvalue weighted by molar-refractivity contribution is -0.0574. The molecular weight excluding hydrogens is 316 g/mol. The summed E-state index contributed by atoms with van der Waals surface area (Å²) >= 11 is 0. The van der Waals surface area contributed by atoms with Crippen LogP contribution < -0.4 is 5.32 Å². The van der Waals surface area contributed by atoms with Gasteiger partial charge in [0.25, 0.3) is 5.91 Å². The maximum absolute atomic E-state index is 12.4. The molecule has 25 heavy (non-hydrogen) atoms. The highest BCUT2D eigenvalue weighted by Crippen LogP contribution is 2.14. The molecule has 0 aromatic heterocycles. The lowest BCUT2D eigenvalue weighted by atomic mass is 10.0. The van der Waals surface area contributed by atoms with Crippen LogP contribution in [0.25, 0.3) is 0 Å². The van der Waals surface area contributed by atoms with E-state index in [2.05, 4.69) is 10.2 Å². The summed E-state index contributed by atoms with van der Waals surface area (Å²) in [4.78, 5) is 14.6. The number of aryl methyl sites for hydroxylation is 1. The summed E-state index contributed by atoms with van der Waals surface area (Å²) in [6, 6.07) is 7.86. The van der Waals surface area contributed by atoms with Gasteiger partial charge in [0.1, 0.15) is 0 Å². The predicted octanol–water partition coefficient (Wildman–Crippen LogP) is 2.37. The fraction of sp³-hybridized carbons (Fsp3) is 0.650. The summed E-state index contributed by atoms with van der Waals surface area (Å²) in [6.07, 6.45) is 1.34. The quantitative estimate of drug-likeness (QED) is 0.828. The summed E-state index contributed by atoms with van der Waals surface area (Å²) in [7, 11) is 0. The number of benzene rings is 1. The maximum Gasteiger partial charge on any atom is 0.251 e. The summed E-state index contributed by atoms with van der Waals surface area (Å²) in [5.41, 5.74) is 1.52. The molecule has 1 heterocycles. The second-order valence-corrected chi connectivity index (χ2v) is 7.94. The molecule has 0 aliphatic carbocycles. The van der Waals surface area contributed by atoms with Crippen LogP contribution in [0.3, 0.4) is 0 Å². The van der Waals surface area contributed by atoms with Crippen molar-refractivity contribution < 1.29 is 14.6 Å². The van der Waals surface area contributed by atoms with Gasteiger partial charge in [-0.1, -0.05) is 18.2 Å². The molecule has 5 heteroatoms. The van der Waals surface area contributed by atoms with Crippen LogP contribution in [0.15, 0.2) is 24.3 Å². The van der Waals surface area contributed by atoms with Gasteiger partial charge in [-0.05, 0) is 52.2 Å². The van der Waals surface area contributed by atoms with Gasteiger partial charge in [-0.2, -0.15) is 0 Å². The molecule has 1 fully saturated rings. The van der Waals surface area contributed by atoms with Gasteiger partial charge in [0.05, 0.1) is 18.3 Å². The SMILES string of the molecule is Cc1ccccc1C(=O)NC1CCN(C[C@@H](O)COC(C)(C)C)CC1. The van der Waals surface area contributed by atoms with E-state index in [0.717, 1.165) is 37.1 Å². The fourth-order valence-corrected chi connectivity index (χ4v) is 3.05. The zero-order valence-electron chi connectivity index (χ0n) is 15.9. The van der Waals surface area contributed by atoms with Crippen LogP contribution in [0, 0.1) is 6.92 Å². The molecule has 1 atom stereocenters. The fourth-order valence-electron chi connectivity index (χ4n) is 3.05. The zero-order chi connectivity index (χ0) is 18.4. The van der Waals surface area contributed by atoms with Gasteiger partial charge in [0, 0.05) is 31.2 Å². The highest BCUT2D eigenvalue weighted by atomic mass is 16.5. The lowest BCUT2D eigenvalue weighted by Gasteiger charge is -2.34. The number of ether oxygens (including phenoxy) is 1. The molecule has 0 saturated carbocycles. The van der Waals surface area contributed by atoms with Crippen LogP contribution in [0.2, 0.25) is 0 Å². The number of piperidine rings is 1. The van der Waals surface area contributed by atoms with Gasteiger partial charge < -0.3 is 20.1 Å². The van der Waals surface area contributed by atoms with Crippen molar-refractivity contribution >= 4 is 5.91 Å². The highest BCUT2D eigenvalue weighted by molar-refractivity contribution is 5.95. The number of amides is 1. The Morgan fingerprint density at radius 3 is 2.56 bits per heavy atom. The highest BCUT2D eigenvalue weighted by Gasteiger charge is 2.23. The number of likely N-dealkylation sites (tertiary alicyclic amines) is 1. The molecular formula is C20H32N2O3. The summed E-state index contributed by atoms with van der Waals surface area (Å²) in [5, 5.41) is 13.3.